The number of hydrogen-bond acceptors (Lipinski definition) is 4. The number of halogens is 1. The molecule has 0 bridgehead atoms. The van der Waals surface area contributed by atoms with E-state index >= 15 is 0 Å². The number of nitrogens with two attached hydrogens (primary N) is 1. The standard InChI is InChI=1S/C10H17N3OS.ClH/c1-4-10(2,3)13-9(14)7-6-15-8(5-11)12-7;/h6H,4-5,11H2,1-3H3,(H,13,14);1H. The molecule has 0 saturated carbocycles. The van der Waals surface area contributed by atoms with Crippen molar-refractivity contribution in [3.8, 4) is 0 Å². The molecule has 0 aliphatic rings. The second kappa shape index (κ2) is 6.18. The van der Waals surface area contributed by atoms with Gasteiger partial charge in [0.25, 0.3) is 5.91 Å². The van der Waals surface area contributed by atoms with E-state index in [1.807, 2.05) is 20.8 Å². The molecule has 1 rings (SSSR count). The maximum Gasteiger partial charge on any atom is 0.271 e. The number of carbonyl (C=O) groups is 1. The lowest BCUT2D eigenvalue weighted by Crippen LogP contribution is -2.42. The summed E-state index contributed by atoms with van der Waals surface area (Å²) in [6.07, 6.45) is 0.882. The molecule has 6 heteroatoms. The molecule has 0 atom stereocenters. The summed E-state index contributed by atoms with van der Waals surface area (Å²) in [6.45, 7) is 6.39. The zero-order valence-corrected chi connectivity index (χ0v) is 11.4. The van der Waals surface area contributed by atoms with Crippen molar-refractivity contribution in [2.45, 2.75) is 39.3 Å². The maximum absolute atomic E-state index is 11.7. The molecule has 1 aromatic rings. The van der Waals surface area contributed by atoms with Crippen molar-refractivity contribution in [2.75, 3.05) is 0 Å². The summed E-state index contributed by atoms with van der Waals surface area (Å²) in [5.41, 5.74) is 5.70. The minimum absolute atomic E-state index is 0. The Hall–Kier alpha value is -0.650. The molecule has 0 aliphatic carbocycles. The lowest BCUT2D eigenvalue weighted by molar-refractivity contribution is 0.0906. The Balaban J connectivity index is 0.00000225. The van der Waals surface area contributed by atoms with Crippen LogP contribution in [0.2, 0.25) is 0 Å². The zero-order chi connectivity index (χ0) is 11.5. The predicted octanol–water partition coefficient (Wildman–Crippen LogP) is 1.94. The Kier molecular flexibility index (Phi) is 5.92. The Bertz CT molecular complexity index is 352. The highest BCUT2D eigenvalue weighted by Gasteiger charge is 2.20. The highest BCUT2D eigenvalue weighted by Crippen LogP contribution is 2.12. The molecule has 4 nitrogen and oxygen atoms in total. The first kappa shape index (κ1) is 15.3. The van der Waals surface area contributed by atoms with Gasteiger partial charge in [-0.15, -0.1) is 23.7 Å². The van der Waals surface area contributed by atoms with E-state index in [4.69, 9.17) is 5.73 Å². The Labute approximate surface area is 106 Å². The molecule has 0 radical (unpaired) electrons. The van der Waals surface area contributed by atoms with Gasteiger partial charge in [-0.05, 0) is 20.3 Å². The van der Waals surface area contributed by atoms with Gasteiger partial charge >= 0.3 is 0 Å². The monoisotopic (exact) mass is 263 g/mol. The van der Waals surface area contributed by atoms with E-state index in [9.17, 15) is 4.79 Å². The van der Waals surface area contributed by atoms with Crippen LogP contribution in [0.4, 0.5) is 0 Å². The van der Waals surface area contributed by atoms with Gasteiger partial charge in [0.05, 0.1) is 0 Å². The van der Waals surface area contributed by atoms with Crippen molar-refractivity contribution in [3.05, 3.63) is 16.1 Å². The van der Waals surface area contributed by atoms with Crippen molar-refractivity contribution in [1.82, 2.24) is 10.3 Å². The van der Waals surface area contributed by atoms with Crippen LogP contribution in [0.15, 0.2) is 5.38 Å². The molecule has 16 heavy (non-hydrogen) atoms. The van der Waals surface area contributed by atoms with Gasteiger partial charge in [-0.1, -0.05) is 6.92 Å². The molecule has 3 N–H and O–H groups in total. The van der Waals surface area contributed by atoms with E-state index < -0.39 is 0 Å². The first-order valence-corrected chi connectivity index (χ1v) is 5.83. The van der Waals surface area contributed by atoms with E-state index in [0.29, 0.717) is 12.2 Å². The summed E-state index contributed by atoms with van der Waals surface area (Å²) in [7, 11) is 0. The summed E-state index contributed by atoms with van der Waals surface area (Å²) in [5.74, 6) is -0.127. The SMILES string of the molecule is CCC(C)(C)NC(=O)c1csc(CN)n1.Cl. The van der Waals surface area contributed by atoms with Crippen molar-refractivity contribution >= 4 is 29.7 Å². The number of nitrogens with one attached hydrogen (secondary N) is 1. The first-order chi connectivity index (χ1) is 6.98. The third-order valence-corrected chi connectivity index (χ3v) is 3.17. The average molecular weight is 264 g/mol. The van der Waals surface area contributed by atoms with E-state index in [2.05, 4.69) is 10.3 Å². The number of hydrogen-bond donors (Lipinski definition) is 2. The van der Waals surface area contributed by atoms with E-state index in [1.54, 1.807) is 5.38 Å². The van der Waals surface area contributed by atoms with Crippen LogP contribution in [0.25, 0.3) is 0 Å². The van der Waals surface area contributed by atoms with Crippen LogP contribution in [0.1, 0.15) is 42.7 Å². The molecule has 0 fully saturated rings. The molecule has 0 aromatic carbocycles. The summed E-state index contributed by atoms with van der Waals surface area (Å²) < 4.78 is 0. The number of amides is 1. The second-order valence-corrected chi connectivity index (χ2v) is 4.96. The highest BCUT2D eigenvalue weighted by molar-refractivity contribution is 7.09. The normalized spacial score (nSPS) is 10.8. The summed E-state index contributed by atoms with van der Waals surface area (Å²) in [4.78, 5) is 15.9. The van der Waals surface area contributed by atoms with Gasteiger partial charge < -0.3 is 11.1 Å². The predicted molar refractivity (Wildman–Crippen MR) is 69.1 cm³/mol. The van der Waals surface area contributed by atoms with E-state index in [0.717, 1.165) is 11.4 Å². The summed E-state index contributed by atoms with van der Waals surface area (Å²) >= 11 is 1.41. The van der Waals surface area contributed by atoms with Crippen LogP contribution in [0.3, 0.4) is 0 Å². The third-order valence-electron chi connectivity index (χ3n) is 2.29. The number of nitrogens with zero attached hydrogens (tertiary/aromatic N) is 1. The molecule has 92 valence electrons. The molecule has 0 unspecified atom stereocenters. The van der Waals surface area contributed by atoms with Crippen molar-refractivity contribution in [1.29, 1.82) is 0 Å². The number of carbonyl (C=O) groups excluding carboxylic acids is 1. The van der Waals surface area contributed by atoms with Crippen LogP contribution < -0.4 is 11.1 Å². The van der Waals surface area contributed by atoms with Crippen molar-refractivity contribution in [2.24, 2.45) is 5.73 Å². The molecule has 1 heterocycles. The van der Waals surface area contributed by atoms with Gasteiger partial charge in [0, 0.05) is 17.5 Å². The number of thiazole rings is 1. The van der Waals surface area contributed by atoms with Crippen LogP contribution >= 0.6 is 23.7 Å². The molecule has 0 aliphatic heterocycles. The van der Waals surface area contributed by atoms with Gasteiger partial charge in [0.1, 0.15) is 10.7 Å². The summed E-state index contributed by atoms with van der Waals surface area (Å²) in [5, 5.41) is 5.45. The Morgan fingerprint density at radius 3 is 2.69 bits per heavy atom. The Morgan fingerprint density at radius 1 is 1.62 bits per heavy atom. The fourth-order valence-corrected chi connectivity index (χ4v) is 1.62. The van der Waals surface area contributed by atoms with E-state index in [1.165, 1.54) is 11.3 Å². The quantitative estimate of drug-likeness (QED) is 0.872. The minimum atomic E-state index is -0.191. The average Bonchev–Trinajstić information content (AvgIpc) is 2.65. The van der Waals surface area contributed by atoms with Gasteiger partial charge in [0.2, 0.25) is 0 Å². The fraction of sp³-hybridized carbons (Fsp3) is 0.600. The highest BCUT2D eigenvalue weighted by atomic mass is 35.5. The van der Waals surface area contributed by atoms with Crippen molar-refractivity contribution in [3.63, 3.8) is 0 Å². The fourth-order valence-electron chi connectivity index (χ4n) is 0.969. The minimum Gasteiger partial charge on any atom is -0.346 e. The maximum atomic E-state index is 11.7. The molecule has 1 amide bonds. The van der Waals surface area contributed by atoms with Gasteiger partial charge in [-0.25, -0.2) is 4.98 Å². The topological polar surface area (TPSA) is 68.0 Å². The van der Waals surface area contributed by atoms with E-state index in [-0.39, 0.29) is 23.9 Å². The molecule has 0 spiro atoms. The summed E-state index contributed by atoms with van der Waals surface area (Å²) in [6, 6.07) is 0. The molecular formula is C10H18ClN3OS. The number of aromatic nitrogens is 1. The van der Waals surface area contributed by atoms with Crippen LogP contribution in [-0.2, 0) is 6.54 Å². The lowest BCUT2D eigenvalue weighted by Gasteiger charge is -2.23. The van der Waals surface area contributed by atoms with Gasteiger partial charge in [-0.2, -0.15) is 0 Å². The molecular weight excluding hydrogens is 246 g/mol. The van der Waals surface area contributed by atoms with Crippen LogP contribution in [-0.4, -0.2) is 16.4 Å². The first-order valence-electron chi connectivity index (χ1n) is 4.95. The third kappa shape index (κ3) is 4.08. The van der Waals surface area contributed by atoms with Gasteiger partial charge in [-0.3, -0.25) is 4.79 Å². The number of rotatable bonds is 4. The zero-order valence-electron chi connectivity index (χ0n) is 9.74. The van der Waals surface area contributed by atoms with Crippen LogP contribution in [0, 0.1) is 0 Å². The Morgan fingerprint density at radius 2 is 2.25 bits per heavy atom. The molecule has 0 saturated heterocycles. The largest absolute Gasteiger partial charge is 0.346 e. The van der Waals surface area contributed by atoms with Crippen LogP contribution in [0.5, 0.6) is 0 Å². The van der Waals surface area contributed by atoms with Crippen molar-refractivity contribution < 1.29 is 4.79 Å². The lowest BCUT2D eigenvalue weighted by atomic mass is 10.0. The van der Waals surface area contributed by atoms with Gasteiger partial charge in [0.15, 0.2) is 0 Å². The second-order valence-electron chi connectivity index (χ2n) is 4.02. The smallest absolute Gasteiger partial charge is 0.271 e. The molecule has 1 aromatic heterocycles.